The highest BCUT2D eigenvalue weighted by atomic mass is 16.5. The molecule has 0 spiro atoms. The van der Waals surface area contributed by atoms with Gasteiger partial charge in [-0.1, -0.05) is 13.0 Å². The molecule has 0 fully saturated rings. The van der Waals surface area contributed by atoms with Crippen LogP contribution in [0.4, 0.5) is 0 Å². The molecule has 0 heterocycles. The van der Waals surface area contributed by atoms with Gasteiger partial charge in [-0.25, -0.2) is 4.79 Å². The summed E-state index contributed by atoms with van der Waals surface area (Å²) in [5, 5.41) is 3.29. The van der Waals surface area contributed by atoms with Gasteiger partial charge >= 0.3 is 5.97 Å². The molecule has 0 aliphatic rings. The van der Waals surface area contributed by atoms with Crippen molar-refractivity contribution >= 4 is 12.2 Å². The number of ether oxygens (including phenoxy) is 1. The molecule has 0 aromatic carbocycles. The molecule has 0 amide bonds. The lowest BCUT2D eigenvalue weighted by molar-refractivity contribution is -0.134. The van der Waals surface area contributed by atoms with Crippen LogP contribution in [0, 0.1) is 5.92 Å². The highest BCUT2D eigenvalue weighted by Gasteiger charge is 2.12. The molecule has 0 saturated carbocycles. The summed E-state index contributed by atoms with van der Waals surface area (Å²) >= 11 is 0. The average Bonchev–Trinajstić information content (AvgIpc) is 2.40. The number of hydrogen-bond acceptors (Lipinski definition) is 4. The standard InChI is InChI=1S/C15H26N2O2/c1-6-17-13(3)11-14(16-4)12(2)9-7-8-10-15(18)19-5/h6,8,10-12,14,16H,7,9H2,1-5H3/b10-8+,13-11+,17-6-. The molecule has 108 valence electrons. The molecule has 0 aliphatic heterocycles. The largest absolute Gasteiger partial charge is 0.466 e. The van der Waals surface area contributed by atoms with Gasteiger partial charge in [-0.2, -0.15) is 0 Å². The van der Waals surface area contributed by atoms with Crippen molar-refractivity contribution in [2.24, 2.45) is 10.9 Å². The number of aliphatic imine (C=N–C) groups is 1. The molecular formula is C15H26N2O2. The van der Waals surface area contributed by atoms with Gasteiger partial charge in [-0.05, 0) is 45.7 Å². The Morgan fingerprint density at radius 2 is 2.16 bits per heavy atom. The first-order chi connectivity index (χ1) is 9.04. The van der Waals surface area contributed by atoms with Crippen LogP contribution >= 0.6 is 0 Å². The fourth-order valence-electron chi connectivity index (χ4n) is 1.82. The van der Waals surface area contributed by atoms with E-state index in [2.05, 4.69) is 28.0 Å². The van der Waals surface area contributed by atoms with Crippen LogP contribution in [0.5, 0.6) is 0 Å². The predicted molar refractivity (Wildman–Crippen MR) is 80.3 cm³/mol. The second-order valence-electron chi connectivity index (χ2n) is 4.49. The third kappa shape index (κ3) is 8.32. The molecule has 4 heteroatoms. The Balaban J connectivity index is 4.29. The number of methoxy groups -OCH3 is 1. The summed E-state index contributed by atoms with van der Waals surface area (Å²) in [5.41, 5.74) is 1.01. The minimum Gasteiger partial charge on any atom is -0.466 e. The molecule has 0 radical (unpaired) electrons. The first-order valence-electron chi connectivity index (χ1n) is 6.64. The highest BCUT2D eigenvalue weighted by molar-refractivity contribution is 5.81. The van der Waals surface area contributed by atoms with Crippen LogP contribution in [0.15, 0.2) is 28.9 Å². The first kappa shape index (κ1) is 17.6. The van der Waals surface area contributed by atoms with Gasteiger partial charge < -0.3 is 10.1 Å². The minimum atomic E-state index is -0.300. The SMILES string of the molecule is C/C=N\C(C)=C\C(NC)C(C)CC/C=C/C(=O)OC. The van der Waals surface area contributed by atoms with Crippen LogP contribution in [0.2, 0.25) is 0 Å². The van der Waals surface area contributed by atoms with E-state index < -0.39 is 0 Å². The normalized spacial score (nSPS) is 15.9. The molecule has 0 bridgehead atoms. The van der Waals surface area contributed by atoms with Crippen LogP contribution in [-0.2, 0) is 9.53 Å². The average molecular weight is 266 g/mol. The van der Waals surface area contributed by atoms with Crippen molar-refractivity contribution in [2.45, 2.75) is 39.7 Å². The summed E-state index contributed by atoms with van der Waals surface area (Å²) in [7, 11) is 3.33. The number of esters is 1. The van der Waals surface area contributed by atoms with E-state index in [1.807, 2.05) is 27.0 Å². The van der Waals surface area contributed by atoms with Crippen LogP contribution in [-0.4, -0.2) is 32.4 Å². The quantitative estimate of drug-likeness (QED) is 0.417. The molecule has 1 N–H and O–H groups in total. The number of nitrogens with zero attached hydrogens (tertiary/aromatic N) is 1. The monoisotopic (exact) mass is 266 g/mol. The molecule has 19 heavy (non-hydrogen) atoms. The zero-order chi connectivity index (χ0) is 14.7. The van der Waals surface area contributed by atoms with Gasteiger partial charge in [0.05, 0.1) is 7.11 Å². The molecule has 0 aromatic heterocycles. The lowest BCUT2D eigenvalue weighted by Crippen LogP contribution is -2.30. The maximum atomic E-state index is 10.9. The van der Waals surface area contributed by atoms with Gasteiger partial charge in [-0.15, -0.1) is 0 Å². The molecule has 2 atom stereocenters. The van der Waals surface area contributed by atoms with E-state index in [0.717, 1.165) is 18.5 Å². The van der Waals surface area contributed by atoms with Crippen molar-refractivity contribution in [1.82, 2.24) is 5.32 Å². The summed E-state index contributed by atoms with van der Waals surface area (Å²) in [5.74, 6) is 0.167. The van der Waals surface area contributed by atoms with Gasteiger partial charge in [-0.3, -0.25) is 4.99 Å². The van der Waals surface area contributed by atoms with Crippen LogP contribution < -0.4 is 5.32 Å². The van der Waals surface area contributed by atoms with Gasteiger partial charge in [0, 0.05) is 24.0 Å². The second kappa shape index (κ2) is 10.5. The van der Waals surface area contributed by atoms with Gasteiger partial charge in [0.2, 0.25) is 0 Å². The number of rotatable bonds is 8. The molecular weight excluding hydrogens is 240 g/mol. The third-order valence-electron chi connectivity index (χ3n) is 2.94. The summed E-state index contributed by atoms with van der Waals surface area (Å²) in [6, 6.07) is 0.287. The number of nitrogens with one attached hydrogen (secondary N) is 1. The van der Waals surface area contributed by atoms with E-state index in [1.165, 1.54) is 13.2 Å². The minimum absolute atomic E-state index is 0.287. The number of carbonyl (C=O) groups excluding carboxylic acids is 1. The fraction of sp³-hybridized carbons (Fsp3) is 0.600. The first-order valence-corrected chi connectivity index (χ1v) is 6.64. The summed E-state index contributed by atoms with van der Waals surface area (Å²) in [4.78, 5) is 15.2. The Hall–Kier alpha value is -1.42. The molecule has 0 saturated heterocycles. The fourth-order valence-corrected chi connectivity index (χ4v) is 1.82. The maximum absolute atomic E-state index is 10.9. The van der Waals surface area contributed by atoms with Crippen LogP contribution in [0.1, 0.15) is 33.6 Å². The Labute approximate surface area is 116 Å². The Morgan fingerprint density at radius 1 is 1.47 bits per heavy atom. The zero-order valence-corrected chi connectivity index (χ0v) is 12.6. The third-order valence-corrected chi connectivity index (χ3v) is 2.94. The Morgan fingerprint density at radius 3 is 2.68 bits per heavy atom. The van der Waals surface area contributed by atoms with Crippen molar-refractivity contribution in [1.29, 1.82) is 0 Å². The topological polar surface area (TPSA) is 50.7 Å². The van der Waals surface area contributed by atoms with Crippen LogP contribution in [0.25, 0.3) is 0 Å². The van der Waals surface area contributed by atoms with E-state index in [9.17, 15) is 4.79 Å². The maximum Gasteiger partial charge on any atom is 0.330 e. The lowest BCUT2D eigenvalue weighted by atomic mass is 9.95. The van der Waals surface area contributed by atoms with E-state index in [1.54, 1.807) is 6.21 Å². The molecule has 2 unspecified atom stereocenters. The second-order valence-corrected chi connectivity index (χ2v) is 4.49. The van der Waals surface area contributed by atoms with E-state index >= 15 is 0 Å². The summed E-state index contributed by atoms with van der Waals surface area (Å²) in [6.07, 6.45) is 9.12. The number of carbonyl (C=O) groups is 1. The lowest BCUT2D eigenvalue weighted by Gasteiger charge is -2.20. The van der Waals surface area contributed by atoms with Gasteiger partial charge in [0.15, 0.2) is 0 Å². The molecule has 0 aliphatic carbocycles. The van der Waals surface area contributed by atoms with Crippen molar-refractivity contribution in [3.63, 3.8) is 0 Å². The van der Waals surface area contributed by atoms with Crippen LogP contribution in [0.3, 0.4) is 0 Å². The van der Waals surface area contributed by atoms with E-state index in [0.29, 0.717) is 5.92 Å². The van der Waals surface area contributed by atoms with E-state index in [4.69, 9.17) is 0 Å². The predicted octanol–water partition coefficient (Wildman–Crippen LogP) is 2.71. The van der Waals surface area contributed by atoms with Crippen molar-refractivity contribution in [3.05, 3.63) is 23.9 Å². The molecule has 4 nitrogen and oxygen atoms in total. The van der Waals surface area contributed by atoms with Gasteiger partial charge in [0.25, 0.3) is 0 Å². The van der Waals surface area contributed by atoms with Crippen molar-refractivity contribution in [3.8, 4) is 0 Å². The molecule has 0 aromatic rings. The number of likely N-dealkylation sites (N-methyl/N-ethyl adjacent to an activating group) is 1. The Kier molecular flexibility index (Phi) is 9.71. The number of hydrogen-bond donors (Lipinski definition) is 1. The van der Waals surface area contributed by atoms with Crippen molar-refractivity contribution < 1.29 is 9.53 Å². The number of allylic oxidation sites excluding steroid dienone is 2. The Bertz CT molecular complexity index is 346. The highest BCUT2D eigenvalue weighted by Crippen LogP contribution is 2.14. The van der Waals surface area contributed by atoms with Crippen molar-refractivity contribution in [2.75, 3.05) is 14.2 Å². The smallest absolute Gasteiger partial charge is 0.330 e. The summed E-state index contributed by atoms with van der Waals surface area (Å²) < 4.78 is 4.54. The van der Waals surface area contributed by atoms with Gasteiger partial charge in [0.1, 0.15) is 0 Å². The van der Waals surface area contributed by atoms with E-state index in [-0.39, 0.29) is 12.0 Å². The zero-order valence-electron chi connectivity index (χ0n) is 12.6. The molecule has 0 rings (SSSR count). The summed E-state index contributed by atoms with van der Waals surface area (Å²) in [6.45, 7) is 6.09.